The number of hydrogen-bond donors (Lipinski definition) is 1. The van der Waals surface area contributed by atoms with Crippen LogP contribution >= 0.6 is 0 Å². The Kier molecular flexibility index (Phi) is 7.38. The van der Waals surface area contributed by atoms with Crippen molar-refractivity contribution in [2.45, 2.75) is 72.8 Å². The molecular formula is C23H33N7. The van der Waals surface area contributed by atoms with Crippen molar-refractivity contribution >= 4 is 22.6 Å². The summed E-state index contributed by atoms with van der Waals surface area (Å²) in [5.41, 5.74) is 10.1. The molecule has 0 aliphatic heterocycles. The van der Waals surface area contributed by atoms with Gasteiger partial charge < -0.3 is 10.3 Å². The van der Waals surface area contributed by atoms with Gasteiger partial charge in [0.05, 0.1) is 17.4 Å². The summed E-state index contributed by atoms with van der Waals surface area (Å²) >= 11 is 0. The molecule has 4 heterocycles. The molecule has 0 spiro atoms. The fourth-order valence-corrected chi connectivity index (χ4v) is 3.83. The van der Waals surface area contributed by atoms with E-state index in [-0.39, 0.29) is 5.95 Å². The second-order valence-corrected chi connectivity index (χ2v) is 7.24. The van der Waals surface area contributed by atoms with Gasteiger partial charge in [0, 0.05) is 18.3 Å². The Labute approximate surface area is 178 Å². The van der Waals surface area contributed by atoms with Crippen molar-refractivity contribution < 1.29 is 0 Å². The average molecular weight is 408 g/mol. The van der Waals surface area contributed by atoms with Crippen LogP contribution in [-0.4, -0.2) is 29.1 Å². The van der Waals surface area contributed by atoms with Crippen molar-refractivity contribution in [1.29, 1.82) is 0 Å². The largest absolute Gasteiger partial charge is 0.367 e. The number of nitrogen functional groups attached to an aromatic ring is 1. The first kappa shape index (κ1) is 21.7. The summed E-state index contributed by atoms with van der Waals surface area (Å²) < 4.78 is 3.82. The lowest BCUT2D eigenvalue weighted by Gasteiger charge is -2.05. The highest BCUT2D eigenvalue weighted by molar-refractivity contribution is 5.82. The molecule has 0 amide bonds. The van der Waals surface area contributed by atoms with E-state index in [9.17, 15) is 0 Å². The van der Waals surface area contributed by atoms with Gasteiger partial charge in [-0.05, 0) is 32.0 Å². The quantitative estimate of drug-likeness (QED) is 0.479. The van der Waals surface area contributed by atoms with E-state index in [1.54, 1.807) is 10.7 Å². The number of nitrogens with zero attached hydrogens (tertiary/aromatic N) is 6. The Hall–Kier alpha value is -2.96. The van der Waals surface area contributed by atoms with E-state index < -0.39 is 0 Å². The third kappa shape index (κ3) is 4.61. The van der Waals surface area contributed by atoms with Gasteiger partial charge in [0.2, 0.25) is 5.95 Å². The van der Waals surface area contributed by atoms with Crippen molar-refractivity contribution in [3.05, 3.63) is 36.4 Å². The molecule has 7 heteroatoms. The van der Waals surface area contributed by atoms with Crippen LogP contribution < -0.4 is 5.73 Å². The van der Waals surface area contributed by atoms with Crippen molar-refractivity contribution in [3.63, 3.8) is 0 Å². The number of aromatic nitrogens is 6. The van der Waals surface area contributed by atoms with Crippen LogP contribution in [0.3, 0.4) is 0 Å². The third-order valence-electron chi connectivity index (χ3n) is 5.31. The molecule has 1 fully saturated rings. The minimum Gasteiger partial charge on any atom is -0.367 e. The zero-order chi connectivity index (χ0) is 21.5. The van der Waals surface area contributed by atoms with Crippen LogP contribution in [0.4, 0.5) is 5.95 Å². The van der Waals surface area contributed by atoms with Crippen LogP contribution in [0.5, 0.6) is 0 Å². The normalized spacial score (nSPS) is 13.5. The molecule has 2 N–H and O–H groups in total. The molecule has 30 heavy (non-hydrogen) atoms. The molecule has 0 radical (unpaired) electrons. The van der Waals surface area contributed by atoms with E-state index in [2.05, 4.69) is 26.6 Å². The molecule has 1 aliphatic carbocycles. The van der Waals surface area contributed by atoms with Crippen molar-refractivity contribution in [2.75, 3.05) is 5.73 Å². The number of pyridine rings is 1. The fourth-order valence-electron chi connectivity index (χ4n) is 3.83. The van der Waals surface area contributed by atoms with Gasteiger partial charge in [-0.3, -0.25) is 0 Å². The van der Waals surface area contributed by atoms with Gasteiger partial charge in [0.25, 0.3) is 0 Å². The molecule has 4 aromatic heterocycles. The van der Waals surface area contributed by atoms with Crippen LogP contribution in [0, 0.1) is 6.92 Å². The number of fused-ring (bicyclic) bond motifs is 2. The second-order valence-electron chi connectivity index (χ2n) is 7.24. The second kappa shape index (κ2) is 10.2. The Bertz CT molecular complexity index is 1080. The molecule has 0 bridgehead atoms. The minimum atomic E-state index is 0.248. The number of nitrogens with two attached hydrogens (primary N) is 1. The Morgan fingerprint density at radius 3 is 2.27 bits per heavy atom. The summed E-state index contributed by atoms with van der Waals surface area (Å²) in [6, 6.07) is 5.94. The standard InChI is InChI=1S/C15H15N7.C6H12.C2H6/c1-3-21-9(2)18-12-5-4-11(19-14(12)21)10-6-7-22-13(10)8-17-15(16)20-22;1-2-4-6-5-3-1;1-2/h4-8H,3H2,1-2H3,(H2,16,20);1-6H2;1-2H3. The van der Waals surface area contributed by atoms with Crippen LogP contribution in [0.2, 0.25) is 0 Å². The van der Waals surface area contributed by atoms with Gasteiger partial charge in [0.15, 0.2) is 5.65 Å². The third-order valence-corrected chi connectivity index (χ3v) is 5.31. The maximum atomic E-state index is 5.62. The molecular weight excluding hydrogens is 374 g/mol. The monoisotopic (exact) mass is 407 g/mol. The zero-order valence-corrected chi connectivity index (χ0v) is 18.6. The van der Waals surface area contributed by atoms with E-state index in [1.807, 2.05) is 45.2 Å². The lowest BCUT2D eigenvalue weighted by molar-refractivity contribution is 0.504. The molecule has 5 rings (SSSR count). The summed E-state index contributed by atoms with van der Waals surface area (Å²) in [6.07, 6.45) is 12.6. The van der Waals surface area contributed by atoms with Gasteiger partial charge in [-0.15, -0.1) is 5.10 Å². The molecule has 1 aliphatic rings. The van der Waals surface area contributed by atoms with Gasteiger partial charge in [-0.1, -0.05) is 52.4 Å². The first-order chi connectivity index (χ1) is 14.7. The van der Waals surface area contributed by atoms with Gasteiger partial charge in [0.1, 0.15) is 11.3 Å². The van der Waals surface area contributed by atoms with Crippen molar-refractivity contribution in [1.82, 2.24) is 29.1 Å². The van der Waals surface area contributed by atoms with Crippen molar-refractivity contribution in [3.8, 4) is 11.3 Å². The highest BCUT2D eigenvalue weighted by atomic mass is 15.3. The number of anilines is 1. The maximum Gasteiger partial charge on any atom is 0.238 e. The lowest BCUT2D eigenvalue weighted by atomic mass is 10.0. The van der Waals surface area contributed by atoms with E-state index >= 15 is 0 Å². The van der Waals surface area contributed by atoms with Crippen LogP contribution in [0.15, 0.2) is 30.6 Å². The molecule has 0 saturated heterocycles. The van der Waals surface area contributed by atoms with Gasteiger partial charge >= 0.3 is 0 Å². The topological polar surface area (TPSA) is 86.9 Å². The average Bonchev–Trinajstić information content (AvgIpc) is 3.35. The zero-order valence-electron chi connectivity index (χ0n) is 18.6. The number of rotatable bonds is 2. The number of aryl methyl sites for hydroxylation is 2. The minimum absolute atomic E-state index is 0.248. The Balaban J connectivity index is 0.000000273. The Morgan fingerprint density at radius 2 is 1.63 bits per heavy atom. The SMILES string of the molecule is C1CCCCC1.CC.CCn1c(C)nc2ccc(-c3ccn4nc(N)ncc34)nc21. The predicted molar refractivity (Wildman–Crippen MR) is 123 cm³/mol. The smallest absolute Gasteiger partial charge is 0.238 e. The van der Waals surface area contributed by atoms with E-state index in [0.29, 0.717) is 0 Å². The molecule has 0 aromatic carbocycles. The van der Waals surface area contributed by atoms with Crippen LogP contribution in [0.1, 0.15) is 65.1 Å². The summed E-state index contributed by atoms with van der Waals surface area (Å²) in [7, 11) is 0. The highest BCUT2D eigenvalue weighted by Crippen LogP contribution is 2.26. The number of imidazole rings is 1. The molecule has 160 valence electrons. The summed E-state index contributed by atoms with van der Waals surface area (Å²) in [4.78, 5) is 13.4. The van der Waals surface area contributed by atoms with E-state index in [4.69, 9.17) is 10.7 Å². The fraction of sp³-hybridized carbons (Fsp3) is 0.478. The first-order valence-electron chi connectivity index (χ1n) is 11.1. The molecule has 0 unspecified atom stereocenters. The summed E-state index contributed by atoms with van der Waals surface area (Å²) in [6.45, 7) is 8.93. The Morgan fingerprint density at radius 1 is 0.967 bits per heavy atom. The molecule has 4 aromatic rings. The molecule has 1 saturated carbocycles. The lowest BCUT2D eigenvalue weighted by Crippen LogP contribution is -2.00. The molecule has 7 nitrogen and oxygen atoms in total. The van der Waals surface area contributed by atoms with Crippen molar-refractivity contribution in [2.24, 2.45) is 0 Å². The van der Waals surface area contributed by atoms with Crippen LogP contribution in [0.25, 0.3) is 27.9 Å². The van der Waals surface area contributed by atoms with Crippen LogP contribution in [-0.2, 0) is 6.54 Å². The maximum absolute atomic E-state index is 5.62. The predicted octanol–water partition coefficient (Wildman–Crippen LogP) is 5.42. The van der Waals surface area contributed by atoms with E-state index in [1.165, 1.54) is 38.5 Å². The molecule has 0 atom stereocenters. The summed E-state index contributed by atoms with van der Waals surface area (Å²) in [5, 5.41) is 4.16. The van der Waals surface area contributed by atoms with Gasteiger partial charge in [-0.2, -0.15) is 0 Å². The first-order valence-corrected chi connectivity index (χ1v) is 11.1. The number of hydrogen-bond acceptors (Lipinski definition) is 5. The van der Waals surface area contributed by atoms with E-state index in [0.717, 1.165) is 40.3 Å². The summed E-state index contributed by atoms with van der Waals surface area (Å²) in [5.74, 6) is 1.22. The highest BCUT2D eigenvalue weighted by Gasteiger charge is 2.12. The van der Waals surface area contributed by atoms with Gasteiger partial charge in [-0.25, -0.2) is 19.5 Å².